The lowest BCUT2D eigenvalue weighted by atomic mass is 10.2. The Morgan fingerprint density at radius 3 is 1.98 bits per heavy atom. The minimum atomic E-state index is -0.586. The molecule has 2 heterocycles. The van der Waals surface area contributed by atoms with Crippen LogP contribution in [0.25, 0.3) is 16.7 Å². The summed E-state index contributed by atoms with van der Waals surface area (Å²) >= 11 is 0. The number of aromatic nitrogens is 3. The third-order valence-corrected chi connectivity index (χ3v) is 7.38. The Bertz CT molecular complexity index is 2080. The molecule has 0 aliphatic carbocycles. The number of benzene rings is 4. The molecular weight excluding hydrogens is 606 g/mol. The number of rotatable bonds is 10. The van der Waals surface area contributed by atoms with Gasteiger partial charge in [-0.15, -0.1) is 0 Å². The number of aryl methyl sites for hydroxylation is 1. The zero-order chi connectivity index (χ0) is 33.7. The number of fused-ring (bicyclic) bond motifs is 1. The zero-order valence-electron chi connectivity index (χ0n) is 27.3. The Kier molecular flexibility index (Phi) is 9.15. The number of nitrogens with one attached hydrogen (secondary N) is 2. The molecule has 2 N–H and O–H groups in total. The normalized spacial score (nSPS) is 11.2. The van der Waals surface area contributed by atoms with Gasteiger partial charge in [0.25, 0.3) is 0 Å². The molecular formula is C38H37N5O5. The van der Waals surface area contributed by atoms with Crippen molar-refractivity contribution in [1.82, 2.24) is 14.1 Å². The first-order chi connectivity index (χ1) is 23.1. The highest BCUT2D eigenvalue weighted by Gasteiger charge is 2.19. The van der Waals surface area contributed by atoms with Crippen LogP contribution in [0.3, 0.4) is 0 Å². The number of nitrogens with zero attached hydrogens (tertiary/aromatic N) is 3. The molecule has 0 saturated carbocycles. The Labute approximate surface area is 278 Å². The number of carbonyl (C=O) groups is 1. The quantitative estimate of drug-likeness (QED) is 0.156. The van der Waals surface area contributed by atoms with Gasteiger partial charge in [-0.05, 0) is 80.4 Å². The van der Waals surface area contributed by atoms with Gasteiger partial charge in [0.15, 0.2) is 0 Å². The SMILES string of the molecule is Cn1c(=O)n(-c2ccc(OCc3ccccc3)nc2OCc2ccccc2)c2ccc(Nc3ccc(NC(=O)OC(C)(C)C)cc3)cc21. The van der Waals surface area contributed by atoms with Crippen molar-refractivity contribution in [3.8, 4) is 17.4 Å². The number of hydrogen-bond acceptors (Lipinski definition) is 7. The van der Waals surface area contributed by atoms with E-state index in [1.807, 2.05) is 112 Å². The van der Waals surface area contributed by atoms with Crippen LogP contribution in [-0.4, -0.2) is 25.8 Å². The van der Waals surface area contributed by atoms with E-state index in [1.165, 1.54) is 0 Å². The summed E-state index contributed by atoms with van der Waals surface area (Å²) in [7, 11) is 1.73. The predicted octanol–water partition coefficient (Wildman–Crippen LogP) is 7.97. The standard InChI is InChI=1S/C38H37N5O5/c1-38(2,3)48-36(44)40-29-17-15-28(16-18-29)39-30-19-20-31-33(23-30)42(4)37(45)43(31)32-21-22-34(46-24-26-11-7-5-8-12-26)41-35(32)47-25-27-13-9-6-10-14-27/h5-23,39H,24-25H2,1-4H3,(H,40,44). The smallest absolute Gasteiger partial charge is 0.412 e. The molecule has 244 valence electrons. The molecule has 2 aromatic heterocycles. The van der Waals surface area contributed by atoms with E-state index in [9.17, 15) is 9.59 Å². The highest BCUT2D eigenvalue weighted by Crippen LogP contribution is 2.30. The lowest BCUT2D eigenvalue weighted by Crippen LogP contribution is -2.27. The summed E-state index contributed by atoms with van der Waals surface area (Å²) in [6.45, 7) is 6.06. The maximum Gasteiger partial charge on any atom is 0.412 e. The van der Waals surface area contributed by atoms with E-state index in [1.54, 1.807) is 40.4 Å². The van der Waals surface area contributed by atoms with Crippen molar-refractivity contribution in [1.29, 1.82) is 0 Å². The summed E-state index contributed by atoms with van der Waals surface area (Å²) in [4.78, 5) is 30.5. The first-order valence-corrected chi connectivity index (χ1v) is 15.6. The second kappa shape index (κ2) is 13.8. The molecule has 0 spiro atoms. The largest absolute Gasteiger partial charge is 0.473 e. The van der Waals surface area contributed by atoms with Crippen molar-refractivity contribution in [3.63, 3.8) is 0 Å². The van der Waals surface area contributed by atoms with Gasteiger partial charge in [0.1, 0.15) is 24.5 Å². The minimum absolute atomic E-state index is 0.246. The molecule has 0 fully saturated rings. The van der Waals surface area contributed by atoms with Crippen molar-refractivity contribution >= 4 is 34.2 Å². The summed E-state index contributed by atoms with van der Waals surface area (Å²) in [5.41, 5.74) is 5.25. The second-order valence-electron chi connectivity index (χ2n) is 12.2. The number of carbonyl (C=O) groups excluding carboxylic acids is 1. The zero-order valence-corrected chi connectivity index (χ0v) is 27.3. The van der Waals surface area contributed by atoms with Crippen molar-refractivity contribution < 1.29 is 19.0 Å². The fourth-order valence-corrected chi connectivity index (χ4v) is 5.10. The van der Waals surface area contributed by atoms with E-state index in [0.717, 1.165) is 22.5 Å². The van der Waals surface area contributed by atoms with Crippen LogP contribution >= 0.6 is 0 Å². The van der Waals surface area contributed by atoms with E-state index in [2.05, 4.69) is 10.6 Å². The van der Waals surface area contributed by atoms with Crippen LogP contribution in [0.1, 0.15) is 31.9 Å². The molecule has 0 unspecified atom stereocenters. The second-order valence-corrected chi connectivity index (χ2v) is 12.2. The Hall–Kier alpha value is -6.03. The lowest BCUT2D eigenvalue weighted by molar-refractivity contribution is 0.0636. The summed E-state index contributed by atoms with van der Waals surface area (Å²) in [6, 6.07) is 36.1. The first-order valence-electron chi connectivity index (χ1n) is 15.6. The summed E-state index contributed by atoms with van der Waals surface area (Å²) < 4.78 is 20.8. The summed E-state index contributed by atoms with van der Waals surface area (Å²) in [5, 5.41) is 6.11. The predicted molar refractivity (Wildman–Crippen MR) is 187 cm³/mol. The number of imidazole rings is 1. The number of hydrogen-bond donors (Lipinski definition) is 2. The van der Waals surface area contributed by atoms with Gasteiger partial charge in [0, 0.05) is 30.2 Å². The van der Waals surface area contributed by atoms with Crippen LogP contribution in [0.15, 0.2) is 120 Å². The van der Waals surface area contributed by atoms with Gasteiger partial charge in [-0.3, -0.25) is 14.5 Å². The van der Waals surface area contributed by atoms with Gasteiger partial charge in [0.05, 0.1) is 11.0 Å². The van der Waals surface area contributed by atoms with Crippen molar-refractivity contribution in [2.24, 2.45) is 7.05 Å². The third kappa shape index (κ3) is 7.67. The van der Waals surface area contributed by atoms with Gasteiger partial charge in [0.2, 0.25) is 11.8 Å². The molecule has 0 atom stereocenters. The van der Waals surface area contributed by atoms with E-state index < -0.39 is 11.7 Å². The fourth-order valence-electron chi connectivity index (χ4n) is 5.10. The lowest BCUT2D eigenvalue weighted by Gasteiger charge is -2.19. The Morgan fingerprint density at radius 1 is 0.729 bits per heavy atom. The van der Waals surface area contributed by atoms with Gasteiger partial charge >= 0.3 is 11.8 Å². The molecule has 6 aromatic rings. The summed E-state index contributed by atoms with van der Waals surface area (Å²) in [5.74, 6) is 0.666. The van der Waals surface area contributed by atoms with Crippen molar-refractivity contribution in [2.75, 3.05) is 10.6 Å². The maximum absolute atomic E-state index is 13.7. The molecule has 10 nitrogen and oxygen atoms in total. The molecule has 1 amide bonds. The van der Waals surface area contributed by atoms with E-state index >= 15 is 0 Å². The topological polar surface area (TPSA) is 109 Å². The first kappa shape index (κ1) is 31.9. The third-order valence-electron chi connectivity index (χ3n) is 7.38. The van der Waals surface area contributed by atoms with E-state index in [-0.39, 0.29) is 18.2 Å². The van der Waals surface area contributed by atoms with Crippen molar-refractivity contribution in [2.45, 2.75) is 39.6 Å². The molecule has 0 radical (unpaired) electrons. The van der Waals surface area contributed by atoms with E-state index in [4.69, 9.17) is 19.2 Å². The van der Waals surface area contributed by atoms with Gasteiger partial charge in [-0.1, -0.05) is 60.7 Å². The highest BCUT2D eigenvalue weighted by molar-refractivity contribution is 5.86. The van der Waals surface area contributed by atoms with Crippen LogP contribution < -0.4 is 25.8 Å². The van der Waals surface area contributed by atoms with Gasteiger partial charge < -0.3 is 19.5 Å². The molecule has 10 heteroatoms. The monoisotopic (exact) mass is 643 g/mol. The molecule has 4 aromatic carbocycles. The Morgan fingerprint density at radius 2 is 1.33 bits per heavy atom. The van der Waals surface area contributed by atoms with Crippen LogP contribution in [0.2, 0.25) is 0 Å². The number of anilines is 3. The molecule has 0 aliphatic heterocycles. The molecule has 48 heavy (non-hydrogen) atoms. The van der Waals surface area contributed by atoms with Crippen LogP contribution in [0.4, 0.5) is 21.9 Å². The van der Waals surface area contributed by atoms with Crippen LogP contribution in [0.5, 0.6) is 11.8 Å². The molecule has 0 bridgehead atoms. The van der Waals surface area contributed by atoms with Crippen LogP contribution in [0, 0.1) is 0 Å². The highest BCUT2D eigenvalue weighted by atomic mass is 16.6. The number of amides is 1. The fraction of sp³-hybridized carbons (Fsp3) is 0.184. The number of ether oxygens (including phenoxy) is 3. The molecule has 0 saturated heterocycles. The van der Waals surface area contributed by atoms with Gasteiger partial charge in [-0.2, -0.15) is 4.98 Å². The minimum Gasteiger partial charge on any atom is -0.473 e. The number of pyridine rings is 1. The van der Waals surface area contributed by atoms with E-state index in [0.29, 0.717) is 34.9 Å². The molecule has 6 rings (SSSR count). The van der Waals surface area contributed by atoms with Crippen molar-refractivity contribution in [3.05, 3.63) is 137 Å². The molecule has 0 aliphatic rings. The average Bonchev–Trinajstić information content (AvgIpc) is 3.32. The average molecular weight is 644 g/mol. The Balaban J connectivity index is 1.27. The maximum atomic E-state index is 13.7. The van der Waals surface area contributed by atoms with Crippen LogP contribution in [-0.2, 0) is 25.0 Å². The summed E-state index contributed by atoms with van der Waals surface area (Å²) in [6.07, 6.45) is -0.516. The van der Waals surface area contributed by atoms with Gasteiger partial charge in [-0.25, -0.2) is 9.59 Å².